The number of rotatable bonds is 6. The van der Waals surface area contributed by atoms with Crippen LogP contribution in [-0.4, -0.2) is 19.1 Å². The number of carbonyl (C=O) groups is 1. The van der Waals surface area contributed by atoms with Gasteiger partial charge in [0.2, 0.25) is 0 Å². The van der Waals surface area contributed by atoms with Crippen LogP contribution in [0, 0.1) is 6.92 Å². The Balaban J connectivity index is 1.74. The smallest absolute Gasteiger partial charge is 0.251 e. The zero-order valence-electron chi connectivity index (χ0n) is 13.5. The molecule has 120 valence electrons. The number of methoxy groups -OCH3 is 1. The molecule has 4 nitrogen and oxygen atoms in total. The summed E-state index contributed by atoms with van der Waals surface area (Å²) in [7, 11) is 1.62. The average molecular weight is 311 g/mol. The first-order valence-corrected chi connectivity index (χ1v) is 7.83. The maximum absolute atomic E-state index is 12.2. The lowest BCUT2D eigenvalue weighted by Gasteiger charge is -2.12. The monoisotopic (exact) mass is 311 g/mol. The van der Waals surface area contributed by atoms with E-state index in [4.69, 9.17) is 9.47 Å². The summed E-state index contributed by atoms with van der Waals surface area (Å²) in [4.78, 5) is 12.2. The molecule has 0 aliphatic heterocycles. The Labute approximate surface area is 136 Å². The van der Waals surface area contributed by atoms with E-state index < -0.39 is 0 Å². The van der Waals surface area contributed by atoms with Crippen molar-refractivity contribution in [3.05, 3.63) is 59.2 Å². The number of benzene rings is 2. The van der Waals surface area contributed by atoms with E-state index in [1.165, 1.54) is 0 Å². The first-order valence-electron chi connectivity index (χ1n) is 7.83. The Morgan fingerprint density at radius 3 is 2.74 bits per heavy atom. The van der Waals surface area contributed by atoms with Crippen LogP contribution in [0.4, 0.5) is 0 Å². The summed E-state index contributed by atoms with van der Waals surface area (Å²) < 4.78 is 11.2. The van der Waals surface area contributed by atoms with Crippen molar-refractivity contribution in [2.24, 2.45) is 0 Å². The molecule has 1 fully saturated rings. The predicted octanol–water partition coefficient (Wildman–Crippen LogP) is 3.47. The number of aryl methyl sites for hydroxylation is 1. The molecule has 1 N–H and O–H groups in total. The summed E-state index contributed by atoms with van der Waals surface area (Å²) in [6, 6.07) is 13.7. The number of amides is 1. The minimum Gasteiger partial charge on any atom is -0.496 e. The van der Waals surface area contributed by atoms with Gasteiger partial charge in [0.05, 0.1) is 7.11 Å². The molecule has 2 aromatic carbocycles. The van der Waals surface area contributed by atoms with Gasteiger partial charge in [0.1, 0.15) is 18.1 Å². The van der Waals surface area contributed by atoms with Crippen LogP contribution in [0.15, 0.2) is 42.5 Å². The van der Waals surface area contributed by atoms with Crippen LogP contribution in [0.1, 0.15) is 34.3 Å². The van der Waals surface area contributed by atoms with Gasteiger partial charge < -0.3 is 14.8 Å². The van der Waals surface area contributed by atoms with Crippen molar-refractivity contribution in [2.45, 2.75) is 32.4 Å². The molecule has 1 aliphatic rings. The summed E-state index contributed by atoms with van der Waals surface area (Å²) in [5, 5.41) is 3.00. The van der Waals surface area contributed by atoms with Gasteiger partial charge in [0.15, 0.2) is 0 Å². The van der Waals surface area contributed by atoms with E-state index in [-0.39, 0.29) is 5.91 Å². The predicted molar refractivity (Wildman–Crippen MR) is 89.0 cm³/mol. The molecular weight excluding hydrogens is 290 g/mol. The Bertz CT molecular complexity index is 708. The maximum Gasteiger partial charge on any atom is 0.251 e. The first-order chi connectivity index (χ1) is 11.2. The molecule has 0 aromatic heterocycles. The molecule has 3 rings (SSSR count). The van der Waals surface area contributed by atoms with Crippen molar-refractivity contribution >= 4 is 5.91 Å². The zero-order valence-corrected chi connectivity index (χ0v) is 13.5. The van der Waals surface area contributed by atoms with Crippen LogP contribution < -0.4 is 14.8 Å². The maximum atomic E-state index is 12.2. The van der Waals surface area contributed by atoms with Crippen molar-refractivity contribution in [3.8, 4) is 11.5 Å². The van der Waals surface area contributed by atoms with Crippen molar-refractivity contribution < 1.29 is 14.3 Å². The second-order valence-corrected chi connectivity index (χ2v) is 5.88. The third-order valence-electron chi connectivity index (χ3n) is 3.84. The van der Waals surface area contributed by atoms with Gasteiger partial charge in [-0.05, 0) is 55.7 Å². The number of hydrogen-bond donors (Lipinski definition) is 1. The Morgan fingerprint density at radius 1 is 1.22 bits per heavy atom. The highest BCUT2D eigenvalue weighted by Crippen LogP contribution is 2.24. The van der Waals surface area contributed by atoms with Gasteiger partial charge in [-0.1, -0.05) is 12.1 Å². The molecule has 1 saturated carbocycles. The van der Waals surface area contributed by atoms with Gasteiger partial charge in [-0.3, -0.25) is 4.79 Å². The zero-order chi connectivity index (χ0) is 16.2. The van der Waals surface area contributed by atoms with Crippen LogP contribution in [-0.2, 0) is 6.61 Å². The number of ether oxygens (including phenoxy) is 2. The van der Waals surface area contributed by atoms with Crippen LogP contribution in [0.2, 0.25) is 0 Å². The number of carbonyl (C=O) groups excluding carboxylic acids is 1. The summed E-state index contributed by atoms with van der Waals surface area (Å²) in [5.74, 6) is 1.49. The van der Waals surface area contributed by atoms with Crippen LogP contribution in [0.3, 0.4) is 0 Å². The van der Waals surface area contributed by atoms with E-state index in [1.807, 2.05) is 43.3 Å². The fraction of sp³-hybridized carbons (Fsp3) is 0.316. The fourth-order valence-corrected chi connectivity index (χ4v) is 2.40. The SMILES string of the molecule is COc1ccc(C(=O)NC2CC2)cc1COc1cccc(C)c1. The van der Waals surface area contributed by atoms with Crippen LogP contribution in [0.5, 0.6) is 11.5 Å². The summed E-state index contributed by atoms with van der Waals surface area (Å²) in [5.41, 5.74) is 2.64. The molecule has 1 aliphatic carbocycles. The van der Waals surface area contributed by atoms with Gasteiger partial charge >= 0.3 is 0 Å². The molecule has 0 unspecified atom stereocenters. The van der Waals surface area contributed by atoms with E-state index in [0.29, 0.717) is 18.2 Å². The lowest BCUT2D eigenvalue weighted by Crippen LogP contribution is -2.25. The van der Waals surface area contributed by atoms with Gasteiger partial charge in [-0.15, -0.1) is 0 Å². The molecular formula is C19H21NO3. The van der Waals surface area contributed by atoms with E-state index in [1.54, 1.807) is 13.2 Å². The second kappa shape index (κ2) is 6.73. The normalized spacial score (nSPS) is 13.5. The van der Waals surface area contributed by atoms with Crippen molar-refractivity contribution in [1.29, 1.82) is 0 Å². The van der Waals surface area contributed by atoms with Crippen molar-refractivity contribution in [2.75, 3.05) is 7.11 Å². The highest BCUT2D eigenvalue weighted by atomic mass is 16.5. The molecule has 1 amide bonds. The van der Waals surface area contributed by atoms with Crippen molar-refractivity contribution in [3.63, 3.8) is 0 Å². The quantitative estimate of drug-likeness (QED) is 0.888. The Hall–Kier alpha value is -2.49. The van der Waals surface area contributed by atoms with Crippen LogP contribution >= 0.6 is 0 Å². The molecule has 0 radical (unpaired) electrons. The lowest BCUT2D eigenvalue weighted by molar-refractivity contribution is 0.0951. The topological polar surface area (TPSA) is 47.6 Å². The molecule has 4 heteroatoms. The van der Waals surface area contributed by atoms with E-state index in [2.05, 4.69) is 5.32 Å². The fourth-order valence-electron chi connectivity index (χ4n) is 2.40. The standard InChI is InChI=1S/C19H21NO3/c1-13-4-3-5-17(10-13)23-12-15-11-14(6-9-18(15)22-2)19(21)20-16-7-8-16/h3-6,9-11,16H,7-8,12H2,1-2H3,(H,20,21). The minimum absolute atomic E-state index is 0.0352. The largest absolute Gasteiger partial charge is 0.496 e. The van der Waals surface area contributed by atoms with E-state index in [0.717, 1.165) is 35.5 Å². The Morgan fingerprint density at radius 2 is 2.04 bits per heavy atom. The first kappa shape index (κ1) is 15.4. The third kappa shape index (κ3) is 4.03. The lowest BCUT2D eigenvalue weighted by atomic mass is 10.1. The molecule has 0 bridgehead atoms. The molecule has 2 aromatic rings. The summed E-state index contributed by atoms with van der Waals surface area (Å²) >= 11 is 0. The van der Waals surface area contributed by atoms with Gasteiger partial charge in [0.25, 0.3) is 5.91 Å². The van der Waals surface area contributed by atoms with E-state index >= 15 is 0 Å². The number of hydrogen-bond acceptors (Lipinski definition) is 3. The van der Waals surface area contributed by atoms with Gasteiger partial charge in [-0.2, -0.15) is 0 Å². The second-order valence-electron chi connectivity index (χ2n) is 5.88. The van der Waals surface area contributed by atoms with Gasteiger partial charge in [0, 0.05) is 17.2 Å². The molecule has 0 spiro atoms. The summed E-state index contributed by atoms with van der Waals surface area (Å²) in [6.45, 7) is 2.38. The highest BCUT2D eigenvalue weighted by Gasteiger charge is 2.24. The van der Waals surface area contributed by atoms with Crippen molar-refractivity contribution in [1.82, 2.24) is 5.32 Å². The molecule has 0 heterocycles. The molecule has 0 saturated heterocycles. The molecule has 0 atom stereocenters. The Kier molecular flexibility index (Phi) is 4.51. The number of nitrogens with one attached hydrogen (secondary N) is 1. The average Bonchev–Trinajstić information content (AvgIpc) is 3.36. The third-order valence-corrected chi connectivity index (χ3v) is 3.84. The minimum atomic E-state index is -0.0352. The highest BCUT2D eigenvalue weighted by molar-refractivity contribution is 5.95. The summed E-state index contributed by atoms with van der Waals surface area (Å²) in [6.07, 6.45) is 2.15. The van der Waals surface area contributed by atoms with E-state index in [9.17, 15) is 4.79 Å². The molecule has 23 heavy (non-hydrogen) atoms. The van der Waals surface area contributed by atoms with Gasteiger partial charge in [-0.25, -0.2) is 0 Å². The van der Waals surface area contributed by atoms with Crippen LogP contribution in [0.25, 0.3) is 0 Å².